The molecule has 2 saturated heterocycles. The number of hydrogen-bond donors (Lipinski definition) is 1. The lowest BCUT2D eigenvalue weighted by molar-refractivity contribution is 0.122. The zero-order valence-corrected chi connectivity index (χ0v) is 21.5. The van der Waals surface area contributed by atoms with Crippen molar-refractivity contribution < 1.29 is 9.47 Å². The molecule has 9 heteroatoms. The second-order valence-corrected chi connectivity index (χ2v) is 10.4. The van der Waals surface area contributed by atoms with E-state index in [4.69, 9.17) is 14.5 Å². The summed E-state index contributed by atoms with van der Waals surface area (Å²) in [5.74, 6) is 1.58. The van der Waals surface area contributed by atoms with Gasteiger partial charge in [0.2, 0.25) is 5.95 Å². The van der Waals surface area contributed by atoms with Gasteiger partial charge in [-0.1, -0.05) is 6.42 Å². The Kier molecular flexibility index (Phi) is 7.60. The monoisotopic (exact) mass is 503 g/mol. The van der Waals surface area contributed by atoms with Gasteiger partial charge in [-0.15, -0.1) is 0 Å². The maximum atomic E-state index is 6.58. The Morgan fingerprint density at radius 3 is 2.54 bits per heavy atom. The van der Waals surface area contributed by atoms with E-state index in [0.29, 0.717) is 6.04 Å². The van der Waals surface area contributed by atoms with E-state index in [1.165, 1.54) is 32.4 Å². The molecule has 0 radical (unpaired) electrons. The molecule has 9 nitrogen and oxygen atoms in total. The molecule has 2 aliphatic heterocycles. The summed E-state index contributed by atoms with van der Waals surface area (Å²) in [6, 6.07) is 6.65. The fourth-order valence-electron chi connectivity index (χ4n) is 5.71. The van der Waals surface area contributed by atoms with Gasteiger partial charge in [-0.2, -0.15) is 0 Å². The third-order valence-electron chi connectivity index (χ3n) is 7.75. The standard InChI is InChI=1S/C28H37N7O2/c1-2-12-34(13-3-1)20-22-8-9-31-28(33-22)32-21-4-6-24(7-5-21)37-26-19-23(35-14-16-36-17-15-35)18-25-27(26)30-11-10-29-25/h8-11,18-19,21,24H,1-7,12-17,20H2,(H,31,32,33). The zero-order chi connectivity index (χ0) is 24.9. The Morgan fingerprint density at radius 1 is 0.892 bits per heavy atom. The Bertz CT molecular complexity index is 1170. The second-order valence-electron chi connectivity index (χ2n) is 10.4. The number of ether oxygens (including phenoxy) is 2. The lowest BCUT2D eigenvalue weighted by Crippen LogP contribution is -2.36. The molecule has 0 unspecified atom stereocenters. The third-order valence-corrected chi connectivity index (χ3v) is 7.75. The highest BCUT2D eigenvalue weighted by atomic mass is 16.5. The van der Waals surface area contributed by atoms with E-state index >= 15 is 0 Å². The molecule has 4 heterocycles. The van der Waals surface area contributed by atoms with E-state index in [1.807, 2.05) is 12.3 Å². The molecular weight excluding hydrogens is 466 g/mol. The van der Waals surface area contributed by atoms with Crippen LogP contribution < -0.4 is 15.0 Å². The van der Waals surface area contributed by atoms with Crippen molar-refractivity contribution in [1.29, 1.82) is 0 Å². The van der Waals surface area contributed by atoms with Gasteiger partial charge >= 0.3 is 0 Å². The van der Waals surface area contributed by atoms with E-state index in [9.17, 15) is 0 Å². The number of anilines is 2. The Labute approximate surface area is 218 Å². The van der Waals surface area contributed by atoms with Crippen LogP contribution in [0.15, 0.2) is 36.8 Å². The van der Waals surface area contributed by atoms with Gasteiger partial charge in [0.15, 0.2) is 0 Å². The number of morpholine rings is 1. The number of piperidine rings is 1. The van der Waals surface area contributed by atoms with E-state index in [1.54, 1.807) is 12.4 Å². The third kappa shape index (κ3) is 6.10. The van der Waals surface area contributed by atoms with Crippen molar-refractivity contribution in [2.75, 3.05) is 49.6 Å². The summed E-state index contributed by atoms with van der Waals surface area (Å²) >= 11 is 0. The predicted octanol–water partition coefficient (Wildman–Crippen LogP) is 4.04. The van der Waals surface area contributed by atoms with Gasteiger partial charge < -0.3 is 19.7 Å². The van der Waals surface area contributed by atoms with Gasteiger partial charge in [-0.05, 0) is 63.7 Å². The number of nitrogens with one attached hydrogen (secondary N) is 1. The van der Waals surface area contributed by atoms with E-state index in [2.05, 4.69) is 42.2 Å². The number of nitrogens with zero attached hydrogens (tertiary/aromatic N) is 6. The smallest absolute Gasteiger partial charge is 0.223 e. The van der Waals surface area contributed by atoms with Crippen molar-refractivity contribution in [1.82, 2.24) is 24.8 Å². The largest absolute Gasteiger partial charge is 0.488 e. The van der Waals surface area contributed by atoms with Crippen LogP contribution >= 0.6 is 0 Å². The molecule has 1 aliphatic carbocycles. The van der Waals surface area contributed by atoms with Gasteiger partial charge in [0.05, 0.1) is 30.5 Å². The minimum atomic E-state index is 0.162. The number of benzene rings is 1. The summed E-state index contributed by atoms with van der Waals surface area (Å²) in [5, 5.41) is 3.59. The maximum Gasteiger partial charge on any atom is 0.223 e. The average molecular weight is 504 g/mol. The van der Waals surface area contributed by atoms with Gasteiger partial charge in [0, 0.05) is 56.0 Å². The van der Waals surface area contributed by atoms with Crippen LogP contribution in [0.2, 0.25) is 0 Å². The quantitative estimate of drug-likeness (QED) is 0.513. The van der Waals surface area contributed by atoms with Crippen molar-refractivity contribution in [2.45, 2.75) is 63.6 Å². The Morgan fingerprint density at radius 2 is 1.70 bits per heavy atom. The molecule has 3 fully saturated rings. The first kappa shape index (κ1) is 24.3. The van der Waals surface area contributed by atoms with Crippen LogP contribution in [0, 0.1) is 0 Å². The van der Waals surface area contributed by atoms with E-state index in [0.717, 1.165) is 92.6 Å². The number of aromatic nitrogens is 4. The lowest BCUT2D eigenvalue weighted by atomic mass is 9.93. The summed E-state index contributed by atoms with van der Waals surface area (Å²) in [6.07, 6.45) is 13.5. The molecule has 6 rings (SSSR count). The van der Waals surface area contributed by atoms with Gasteiger partial charge in [0.25, 0.3) is 0 Å². The first-order valence-electron chi connectivity index (χ1n) is 13.8. The molecule has 196 valence electrons. The van der Waals surface area contributed by atoms with Crippen LogP contribution in [0.1, 0.15) is 50.6 Å². The Balaban J connectivity index is 1.07. The number of rotatable bonds is 7. The molecule has 3 aliphatic rings. The molecule has 1 aromatic carbocycles. The van der Waals surface area contributed by atoms with E-state index < -0.39 is 0 Å². The summed E-state index contributed by atoms with van der Waals surface area (Å²) in [5.41, 5.74) is 3.94. The van der Waals surface area contributed by atoms with Crippen LogP contribution in [0.25, 0.3) is 11.0 Å². The maximum absolute atomic E-state index is 6.58. The summed E-state index contributed by atoms with van der Waals surface area (Å²) < 4.78 is 12.1. The van der Waals surface area contributed by atoms with Crippen LogP contribution in [-0.4, -0.2) is 76.4 Å². The molecule has 0 bridgehead atoms. The Hall–Kier alpha value is -3.04. The zero-order valence-electron chi connectivity index (χ0n) is 21.5. The fourth-order valence-corrected chi connectivity index (χ4v) is 5.71. The fraction of sp³-hybridized carbons (Fsp3) is 0.571. The molecule has 0 amide bonds. The van der Waals surface area contributed by atoms with Crippen LogP contribution in [0.3, 0.4) is 0 Å². The molecule has 37 heavy (non-hydrogen) atoms. The normalized spacial score (nSPS) is 23.2. The molecule has 1 N–H and O–H groups in total. The number of hydrogen-bond acceptors (Lipinski definition) is 9. The topological polar surface area (TPSA) is 88.5 Å². The van der Waals surface area contributed by atoms with Crippen molar-refractivity contribution in [3.05, 3.63) is 42.5 Å². The van der Waals surface area contributed by atoms with Crippen molar-refractivity contribution >= 4 is 22.7 Å². The van der Waals surface area contributed by atoms with E-state index in [-0.39, 0.29) is 6.10 Å². The highest BCUT2D eigenvalue weighted by Crippen LogP contribution is 2.33. The number of likely N-dealkylation sites (tertiary alicyclic amines) is 1. The minimum absolute atomic E-state index is 0.162. The molecule has 0 atom stereocenters. The van der Waals surface area contributed by atoms with Crippen molar-refractivity contribution in [3.63, 3.8) is 0 Å². The predicted molar refractivity (Wildman–Crippen MR) is 144 cm³/mol. The summed E-state index contributed by atoms with van der Waals surface area (Å²) in [7, 11) is 0. The van der Waals surface area contributed by atoms with Crippen molar-refractivity contribution in [3.8, 4) is 5.75 Å². The highest BCUT2D eigenvalue weighted by molar-refractivity contribution is 5.85. The molecular formula is C28H37N7O2. The first-order chi connectivity index (χ1) is 18.3. The molecule has 0 spiro atoms. The van der Waals surface area contributed by atoms with Crippen LogP contribution in [0.5, 0.6) is 5.75 Å². The van der Waals surface area contributed by atoms with Crippen LogP contribution in [-0.2, 0) is 11.3 Å². The first-order valence-corrected chi connectivity index (χ1v) is 13.8. The minimum Gasteiger partial charge on any atom is -0.488 e. The summed E-state index contributed by atoms with van der Waals surface area (Å²) in [4.78, 5) is 23.3. The van der Waals surface area contributed by atoms with Crippen LogP contribution in [0.4, 0.5) is 11.6 Å². The van der Waals surface area contributed by atoms with Crippen molar-refractivity contribution in [2.24, 2.45) is 0 Å². The molecule has 3 aromatic rings. The number of fused-ring (bicyclic) bond motifs is 1. The highest BCUT2D eigenvalue weighted by Gasteiger charge is 2.25. The molecule has 1 saturated carbocycles. The van der Waals surface area contributed by atoms with Gasteiger partial charge in [-0.3, -0.25) is 9.88 Å². The van der Waals surface area contributed by atoms with Gasteiger partial charge in [-0.25, -0.2) is 15.0 Å². The molecule has 2 aromatic heterocycles. The average Bonchev–Trinajstić information content (AvgIpc) is 2.95. The lowest BCUT2D eigenvalue weighted by Gasteiger charge is -2.31. The summed E-state index contributed by atoms with van der Waals surface area (Å²) in [6.45, 7) is 6.51. The SMILES string of the molecule is c1cc(CN2CCCCC2)nc(NC2CCC(Oc3cc(N4CCOCC4)cc4nccnc34)CC2)n1. The second kappa shape index (κ2) is 11.6. The van der Waals surface area contributed by atoms with Gasteiger partial charge in [0.1, 0.15) is 11.3 Å².